The molecule has 0 saturated carbocycles. The normalized spacial score (nSPS) is 12.3. The van der Waals surface area contributed by atoms with Gasteiger partial charge in [-0.05, 0) is 78.5 Å². The first-order chi connectivity index (χ1) is 22.7. The number of aromatic nitrogens is 2. The van der Waals surface area contributed by atoms with E-state index in [1.54, 1.807) is 59.3 Å². The number of fused-ring (bicyclic) bond motifs is 1. The Bertz CT molecular complexity index is 1810. The summed E-state index contributed by atoms with van der Waals surface area (Å²) in [6.07, 6.45) is 4.82. The van der Waals surface area contributed by atoms with Crippen LogP contribution in [0.3, 0.4) is 0 Å². The topological polar surface area (TPSA) is 76.9 Å². The van der Waals surface area contributed by atoms with Gasteiger partial charge in [0, 0.05) is 55.5 Å². The maximum atomic E-state index is 14.1. The van der Waals surface area contributed by atoms with E-state index in [2.05, 4.69) is 37.1 Å². The first-order valence-electron chi connectivity index (χ1n) is 15.3. The number of allylic oxidation sites excluding steroid dienone is 1. The molecule has 0 aliphatic rings. The summed E-state index contributed by atoms with van der Waals surface area (Å²) in [5.74, 6) is -0.242. The molecule has 0 atom stereocenters. The van der Waals surface area contributed by atoms with Gasteiger partial charge in [0.25, 0.3) is 0 Å². The van der Waals surface area contributed by atoms with Gasteiger partial charge in [0.2, 0.25) is 11.8 Å². The number of ether oxygens (including phenoxy) is 2. The third-order valence-corrected chi connectivity index (χ3v) is 9.07. The molecule has 2 aromatic carbocycles. The van der Waals surface area contributed by atoms with Crippen LogP contribution in [0, 0.1) is 5.82 Å². The van der Waals surface area contributed by atoms with Crippen molar-refractivity contribution in [2.24, 2.45) is 0 Å². The molecular formula is C36H38Br2ClFN4O4. The van der Waals surface area contributed by atoms with Crippen LogP contribution in [0.25, 0.3) is 22.0 Å². The molecule has 8 nitrogen and oxygen atoms in total. The Kier molecular flexibility index (Phi) is 12.5. The molecule has 0 unspecified atom stereocenters. The summed E-state index contributed by atoms with van der Waals surface area (Å²) in [4.78, 5) is 32.4. The first-order valence-corrected chi connectivity index (χ1v) is 17.2. The van der Waals surface area contributed by atoms with E-state index < -0.39 is 17.5 Å². The Hall–Kier alpha value is -3.67. The second-order valence-corrected chi connectivity index (χ2v) is 14.0. The summed E-state index contributed by atoms with van der Waals surface area (Å²) in [5, 5.41) is 1.31. The Morgan fingerprint density at radius 2 is 1.83 bits per heavy atom. The number of para-hydroxylation sites is 1. The molecule has 0 bridgehead atoms. The number of amides is 2. The number of halogens is 4. The smallest absolute Gasteiger partial charge is 0.410 e. The highest BCUT2D eigenvalue weighted by Gasteiger charge is 2.25. The highest BCUT2D eigenvalue weighted by Crippen LogP contribution is 2.44. The molecule has 0 fully saturated rings. The fraction of sp³-hybridized carbons (Fsp3) is 0.306. The lowest BCUT2D eigenvalue weighted by Crippen LogP contribution is -2.39. The minimum atomic E-state index is -0.687. The zero-order chi connectivity index (χ0) is 35.2. The van der Waals surface area contributed by atoms with Crippen LogP contribution >= 0.6 is 43.7 Å². The number of hydrogen-bond acceptors (Lipinski definition) is 5. The average Bonchev–Trinajstić information content (AvgIpc) is 3.28. The van der Waals surface area contributed by atoms with E-state index in [0.717, 1.165) is 37.8 Å². The van der Waals surface area contributed by atoms with Crippen molar-refractivity contribution in [2.75, 3.05) is 33.8 Å². The number of likely N-dealkylation sites (N-methyl/N-ethyl adjacent to an activating group) is 1. The minimum absolute atomic E-state index is 0.135. The van der Waals surface area contributed by atoms with Gasteiger partial charge in [0.1, 0.15) is 18.0 Å². The molecule has 0 spiro atoms. The molecule has 0 N–H and O–H groups in total. The summed E-state index contributed by atoms with van der Waals surface area (Å²) in [6, 6.07) is 16.1. The van der Waals surface area contributed by atoms with Crippen molar-refractivity contribution in [1.82, 2.24) is 18.4 Å². The summed E-state index contributed by atoms with van der Waals surface area (Å²) < 4.78 is 28.4. The molecular weight excluding hydrogens is 767 g/mol. The molecule has 2 heterocycles. The monoisotopic (exact) mass is 802 g/mol. The van der Waals surface area contributed by atoms with Gasteiger partial charge in [-0.25, -0.2) is 14.2 Å². The SMILES string of the molecule is CC/C(=C(/c1ccc(OCCN(C/C=C/C(=O)N(C)C)C(=O)OC(C)(C)C)nc1)c1c(Br)c2ccccc2n1Br)c1ccc(F)cc1Cl. The van der Waals surface area contributed by atoms with Gasteiger partial charge in [-0.3, -0.25) is 8.39 Å². The van der Waals surface area contributed by atoms with Crippen LogP contribution in [0.4, 0.5) is 9.18 Å². The van der Waals surface area contributed by atoms with Crippen molar-refractivity contribution < 1.29 is 23.5 Å². The van der Waals surface area contributed by atoms with Crippen LogP contribution in [-0.2, 0) is 9.53 Å². The lowest BCUT2D eigenvalue weighted by Gasteiger charge is -2.26. The van der Waals surface area contributed by atoms with Crippen LogP contribution in [0.5, 0.6) is 5.88 Å². The van der Waals surface area contributed by atoms with E-state index in [1.807, 2.05) is 40.8 Å². The van der Waals surface area contributed by atoms with E-state index in [0.29, 0.717) is 22.9 Å². The van der Waals surface area contributed by atoms with Gasteiger partial charge >= 0.3 is 6.09 Å². The van der Waals surface area contributed by atoms with Crippen LogP contribution in [0.2, 0.25) is 5.02 Å². The maximum Gasteiger partial charge on any atom is 0.410 e. The van der Waals surface area contributed by atoms with E-state index in [-0.39, 0.29) is 25.6 Å². The van der Waals surface area contributed by atoms with Gasteiger partial charge < -0.3 is 19.3 Å². The van der Waals surface area contributed by atoms with Crippen molar-refractivity contribution in [3.8, 4) is 5.88 Å². The highest BCUT2D eigenvalue weighted by atomic mass is 79.9. The Balaban J connectivity index is 1.65. The second kappa shape index (κ2) is 16.2. The lowest BCUT2D eigenvalue weighted by atomic mass is 9.91. The zero-order valence-corrected chi connectivity index (χ0v) is 31.6. The van der Waals surface area contributed by atoms with Crippen molar-refractivity contribution in [2.45, 2.75) is 39.7 Å². The predicted octanol–water partition coefficient (Wildman–Crippen LogP) is 9.38. The number of carbonyl (C=O) groups is 2. The molecule has 0 saturated heterocycles. The standard InChI is InChI=1S/C36H38Br2ClFN4O4/c1-7-25(26-16-15-24(40)21-28(26)39)32(34-33(37)27-11-8-9-12-29(27)44(34)38)23-14-17-30(41-22-23)47-20-19-43(35(46)48-36(2,3)4)18-10-13-31(45)42(5)6/h8-17,21-22H,7,18-20H2,1-6H3/b13-10+,32-25+. The molecule has 254 valence electrons. The van der Waals surface area contributed by atoms with Crippen LogP contribution in [0.1, 0.15) is 50.9 Å². The van der Waals surface area contributed by atoms with E-state index in [1.165, 1.54) is 28.0 Å². The fourth-order valence-electron chi connectivity index (χ4n) is 4.95. The maximum absolute atomic E-state index is 14.1. The number of benzene rings is 2. The van der Waals surface area contributed by atoms with Crippen molar-refractivity contribution >= 4 is 77.7 Å². The number of pyridine rings is 1. The Morgan fingerprint density at radius 1 is 1.10 bits per heavy atom. The Labute approximate surface area is 302 Å². The number of nitrogens with zero attached hydrogens (tertiary/aromatic N) is 4. The molecule has 0 aliphatic carbocycles. The van der Waals surface area contributed by atoms with E-state index in [4.69, 9.17) is 21.1 Å². The van der Waals surface area contributed by atoms with Crippen LogP contribution in [0.15, 0.2) is 77.4 Å². The quantitative estimate of drug-likeness (QED) is 0.141. The minimum Gasteiger partial charge on any atom is -0.476 e. The summed E-state index contributed by atoms with van der Waals surface area (Å²) >= 11 is 14.2. The molecule has 2 amide bonds. The second-order valence-electron chi connectivity index (χ2n) is 12.1. The number of carbonyl (C=O) groups excluding carboxylic acids is 2. The zero-order valence-electron chi connectivity index (χ0n) is 27.7. The van der Waals surface area contributed by atoms with Gasteiger partial charge in [-0.15, -0.1) is 0 Å². The van der Waals surface area contributed by atoms with Gasteiger partial charge in [-0.2, -0.15) is 0 Å². The third kappa shape index (κ3) is 9.06. The fourth-order valence-corrected chi connectivity index (χ4v) is 6.84. The van der Waals surface area contributed by atoms with Crippen LogP contribution in [-0.4, -0.2) is 69.8 Å². The van der Waals surface area contributed by atoms with Crippen LogP contribution < -0.4 is 4.74 Å². The third-order valence-electron chi connectivity index (χ3n) is 7.22. The number of hydrogen-bond donors (Lipinski definition) is 0. The van der Waals surface area contributed by atoms with Crippen molar-refractivity contribution in [3.05, 3.63) is 105 Å². The van der Waals surface area contributed by atoms with Gasteiger partial charge in [0.05, 0.1) is 43.4 Å². The molecule has 2 aromatic heterocycles. The molecule has 0 radical (unpaired) electrons. The van der Waals surface area contributed by atoms with Gasteiger partial charge in [-0.1, -0.05) is 48.9 Å². The summed E-state index contributed by atoms with van der Waals surface area (Å²) in [6.45, 7) is 7.90. The summed E-state index contributed by atoms with van der Waals surface area (Å²) in [5.41, 5.74) is 4.36. The van der Waals surface area contributed by atoms with E-state index in [9.17, 15) is 14.0 Å². The Morgan fingerprint density at radius 3 is 2.44 bits per heavy atom. The molecule has 48 heavy (non-hydrogen) atoms. The average molecular weight is 805 g/mol. The first kappa shape index (κ1) is 37.2. The largest absolute Gasteiger partial charge is 0.476 e. The lowest BCUT2D eigenvalue weighted by molar-refractivity contribution is -0.123. The molecule has 0 aliphatic heterocycles. The van der Waals surface area contributed by atoms with E-state index >= 15 is 0 Å². The molecule has 12 heteroatoms. The number of rotatable bonds is 11. The predicted molar refractivity (Wildman–Crippen MR) is 197 cm³/mol. The summed E-state index contributed by atoms with van der Waals surface area (Å²) in [7, 11) is 3.31. The molecule has 4 rings (SSSR count). The van der Waals surface area contributed by atoms with Gasteiger partial charge in [0.15, 0.2) is 0 Å². The van der Waals surface area contributed by atoms with Crippen molar-refractivity contribution in [3.63, 3.8) is 0 Å². The van der Waals surface area contributed by atoms with Crippen molar-refractivity contribution in [1.29, 1.82) is 0 Å². The highest BCUT2D eigenvalue weighted by molar-refractivity contribution is 9.11. The molecule has 4 aromatic rings.